The molecule has 3 aliphatic carbocycles. The second-order valence-electron chi connectivity index (χ2n) is 15.4. The predicted octanol–water partition coefficient (Wildman–Crippen LogP) is 1.77. The van der Waals surface area contributed by atoms with E-state index >= 15 is 0 Å². The number of aliphatic carboxylic acids is 1. The van der Waals surface area contributed by atoms with E-state index < -0.39 is 48.6 Å². The number of carbonyl (C=O) groups excluding carboxylic acids is 6. The minimum Gasteiger partial charge on any atom is -0.480 e. The Bertz CT molecular complexity index is 1250. The topological polar surface area (TPSA) is 212 Å². The Labute approximate surface area is 314 Å². The van der Waals surface area contributed by atoms with Crippen molar-refractivity contribution < 1.29 is 38.7 Å². The minimum absolute atomic E-state index is 0.164. The lowest BCUT2D eigenvalue weighted by atomic mass is 9.84. The van der Waals surface area contributed by atoms with Gasteiger partial charge in [0.05, 0.1) is 39.3 Å². The number of carboxylic acid groups (broad SMARTS) is 1. The van der Waals surface area contributed by atoms with Crippen LogP contribution in [0.25, 0.3) is 0 Å². The highest BCUT2D eigenvalue weighted by Crippen LogP contribution is 2.31. The van der Waals surface area contributed by atoms with Gasteiger partial charge in [-0.15, -0.1) is 0 Å². The molecule has 0 saturated heterocycles. The lowest BCUT2D eigenvalue weighted by Crippen LogP contribution is -2.54. The van der Waals surface area contributed by atoms with Gasteiger partial charge < -0.3 is 41.5 Å². The molecule has 6 N–H and O–H groups in total. The van der Waals surface area contributed by atoms with E-state index in [0.29, 0.717) is 0 Å². The zero-order chi connectivity index (χ0) is 38.9. The Morgan fingerprint density at radius 2 is 0.792 bits per heavy atom. The quantitative estimate of drug-likeness (QED) is 0.130. The second-order valence-corrected chi connectivity index (χ2v) is 15.4. The molecule has 0 aromatic carbocycles. The van der Waals surface area contributed by atoms with Crippen LogP contribution < -0.4 is 21.7 Å². The average molecular weight is 748 g/mol. The fourth-order valence-corrected chi connectivity index (χ4v) is 8.47. The van der Waals surface area contributed by atoms with Crippen LogP contribution in [0.3, 0.4) is 0 Å². The first kappa shape index (κ1) is 43.7. The van der Waals surface area contributed by atoms with Crippen molar-refractivity contribution >= 4 is 41.4 Å². The summed E-state index contributed by atoms with van der Waals surface area (Å²) in [5.41, 5.74) is 5.70. The number of carboxylic acids is 1. The molecule has 3 rings (SSSR count). The van der Waals surface area contributed by atoms with Gasteiger partial charge in [-0.1, -0.05) is 57.8 Å². The molecule has 15 nitrogen and oxygen atoms in total. The molecule has 0 aromatic rings. The first-order valence-electron chi connectivity index (χ1n) is 19.9. The maximum atomic E-state index is 13.7. The van der Waals surface area contributed by atoms with Crippen molar-refractivity contribution in [2.75, 3.05) is 45.8 Å². The number of carbonyl (C=O) groups is 7. The van der Waals surface area contributed by atoms with Crippen LogP contribution in [0, 0.1) is 17.8 Å². The Morgan fingerprint density at radius 1 is 0.509 bits per heavy atom. The number of nitrogens with zero attached hydrogens (tertiary/aromatic N) is 3. The summed E-state index contributed by atoms with van der Waals surface area (Å²) in [5, 5.41) is 16.6. The molecule has 3 fully saturated rings. The largest absolute Gasteiger partial charge is 0.480 e. The van der Waals surface area contributed by atoms with E-state index in [1.54, 1.807) is 0 Å². The molecule has 3 aliphatic rings. The number of nitrogens with two attached hydrogens (primary N) is 1. The van der Waals surface area contributed by atoms with Gasteiger partial charge in [-0.2, -0.15) is 0 Å². The highest BCUT2D eigenvalue weighted by atomic mass is 16.4. The molecule has 300 valence electrons. The summed E-state index contributed by atoms with van der Waals surface area (Å²) in [6.45, 7) is 3.31. The molecule has 53 heavy (non-hydrogen) atoms. The molecular formula is C38H65N7O8. The first-order chi connectivity index (χ1) is 25.3. The number of amides is 6. The van der Waals surface area contributed by atoms with Crippen LogP contribution in [0.4, 0.5) is 0 Å². The standard InChI is InChI=1S/C38H65N7O8/c1-26(29-13-7-4-8-14-29)43(35(49)19-39)23-32(46)40-20-36(50)44(27(2)30-15-9-5-10-16-30)24-33(47)41-21-37(51)45(25-34(48)42-22-38(52)53)28(3)31-17-11-6-12-18-31/h26-31H,4-25,39H2,1-3H3,(H,40,46)(H,41,47)(H,42,48)(H,52,53). The van der Waals surface area contributed by atoms with Crippen molar-refractivity contribution in [2.45, 2.75) is 135 Å². The van der Waals surface area contributed by atoms with E-state index in [1.807, 2.05) is 20.8 Å². The molecule has 0 bridgehead atoms. The minimum atomic E-state index is -1.20. The molecule has 0 heterocycles. The summed E-state index contributed by atoms with van der Waals surface area (Å²) in [6, 6.07) is -0.767. The van der Waals surface area contributed by atoms with Crippen LogP contribution >= 0.6 is 0 Å². The summed E-state index contributed by atoms with van der Waals surface area (Å²) in [6.07, 6.45) is 15.2. The van der Waals surface area contributed by atoms with Gasteiger partial charge in [0.15, 0.2) is 0 Å². The van der Waals surface area contributed by atoms with Crippen molar-refractivity contribution in [3.63, 3.8) is 0 Å². The third-order valence-corrected chi connectivity index (χ3v) is 11.9. The zero-order valence-corrected chi connectivity index (χ0v) is 32.2. The number of nitrogens with one attached hydrogen (secondary N) is 3. The molecular weight excluding hydrogens is 682 g/mol. The van der Waals surface area contributed by atoms with Gasteiger partial charge in [0.2, 0.25) is 35.4 Å². The molecule has 15 heteroatoms. The van der Waals surface area contributed by atoms with Crippen molar-refractivity contribution in [1.82, 2.24) is 30.7 Å². The van der Waals surface area contributed by atoms with Gasteiger partial charge in [-0.3, -0.25) is 33.6 Å². The maximum absolute atomic E-state index is 13.7. The van der Waals surface area contributed by atoms with Gasteiger partial charge in [0.1, 0.15) is 6.54 Å². The van der Waals surface area contributed by atoms with Crippen LogP contribution in [-0.4, -0.2) is 125 Å². The maximum Gasteiger partial charge on any atom is 0.322 e. The number of hydrogen-bond donors (Lipinski definition) is 5. The van der Waals surface area contributed by atoms with Crippen molar-refractivity contribution in [1.29, 1.82) is 0 Å². The molecule has 0 spiro atoms. The zero-order valence-electron chi connectivity index (χ0n) is 32.2. The van der Waals surface area contributed by atoms with Crippen LogP contribution in [-0.2, 0) is 33.6 Å². The highest BCUT2D eigenvalue weighted by molar-refractivity contribution is 5.92. The Morgan fingerprint density at radius 3 is 1.08 bits per heavy atom. The summed E-state index contributed by atoms with van der Waals surface area (Å²) in [7, 11) is 0. The monoisotopic (exact) mass is 747 g/mol. The number of hydrogen-bond acceptors (Lipinski definition) is 8. The van der Waals surface area contributed by atoms with E-state index in [4.69, 9.17) is 10.8 Å². The van der Waals surface area contributed by atoms with Gasteiger partial charge in [-0.05, 0) is 77.0 Å². The van der Waals surface area contributed by atoms with Crippen molar-refractivity contribution in [3.8, 4) is 0 Å². The Balaban J connectivity index is 1.65. The van der Waals surface area contributed by atoms with Gasteiger partial charge >= 0.3 is 5.97 Å². The van der Waals surface area contributed by atoms with E-state index in [1.165, 1.54) is 14.7 Å². The summed E-state index contributed by atoms with van der Waals surface area (Å²) in [5.74, 6) is -3.46. The van der Waals surface area contributed by atoms with Crippen LogP contribution in [0.5, 0.6) is 0 Å². The van der Waals surface area contributed by atoms with Crippen molar-refractivity contribution in [3.05, 3.63) is 0 Å². The first-order valence-corrected chi connectivity index (χ1v) is 19.9. The van der Waals surface area contributed by atoms with Crippen LogP contribution in [0.1, 0.15) is 117 Å². The third kappa shape index (κ3) is 14.2. The van der Waals surface area contributed by atoms with E-state index in [9.17, 15) is 33.6 Å². The average Bonchev–Trinajstić information content (AvgIpc) is 3.18. The predicted molar refractivity (Wildman–Crippen MR) is 199 cm³/mol. The van der Waals surface area contributed by atoms with E-state index in [0.717, 1.165) is 96.3 Å². The van der Waals surface area contributed by atoms with Gasteiger partial charge in [0, 0.05) is 18.1 Å². The summed E-state index contributed by atoms with van der Waals surface area (Å²) in [4.78, 5) is 94.6. The van der Waals surface area contributed by atoms with Gasteiger partial charge in [0.25, 0.3) is 0 Å². The Hall–Kier alpha value is -3.75. The highest BCUT2D eigenvalue weighted by Gasteiger charge is 2.33. The molecule has 3 saturated carbocycles. The Kier molecular flexibility index (Phi) is 18.5. The lowest BCUT2D eigenvalue weighted by Gasteiger charge is -2.37. The normalized spacial score (nSPS) is 18.9. The van der Waals surface area contributed by atoms with Crippen LogP contribution in [0.2, 0.25) is 0 Å². The van der Waals surface area contributed by atoms with Gasteiger partial charge in [-0.25, -0.2) is 0 Å². The second kappa shape index (κ2) is 22.5. The van der Waals surface area contributed by atoms with Crippen LogP contribution in [0.15, 0.2) is 0 Å². The third-order valence-electron chi connectivity index (χ3n) is 11.9. The summed E-state index contributed by atoms with van der Waals surface area (Å²) >= 11 is 0. The van der Waals surface area contributed by atoms with E-state index in [2.05, 4.69) is 16.0 Å². The molecule has 3 atom stereocenters. The molecule has 3 unspecified atom stereocenters. The smallest absolute Gasteiger partial charge is 0.322 e. The fraction of sp³-hybridized carbons (Fsp3) is 0.816. The molecule has 0 aromatic heterocycles. The summed E-state index contributed by atoms with van der Waals surface area (Å²) < 4.78 is 0. The van der Waals surface area contributed by atoms with E-state index in [-0.39, 0.29) is 74.5 Å². The number of rotatable bonds is 19. The SMILES string of the molecule is CC(C1CCCCC1)N(CC(=O)NCC(=O)N(CC(=O)NCC(=O)N(CC(=O)NCC(=O)O)C(C)C1CCCCC1)C(C)C1CCCCC1)C(=O)CN. The fourth-order valence-electron chi connectivity index (χ4n) is 8.47. The van der Waals surface area contributed by atoms with Crippen molar-refractivity contribution in [2.24, 2.45) is 23.5 Å². The lowest BCUT2D eigenvalue weighted by molar-refractivity contribution is -0.142. The molecule has 0 radical (unpaired) electrons. The molecule has 6 amide bonds. The molecule has 0 aliphatic heterocycles.